The molecule has 0 bridgehead atoms. The van der Waals surface area contributed by atoms with Crippen LogP contribution in [0.5, 0.6) is 0 Å². The van der Waals surface area contributed by atoms with Crippen LogP contribution >= 0.6 is 0 Å². The van der Waals surface area contributed by atoms with E-state index in [2.05, 4.69) is 9.69 Å². The van der Waals surface area contributed by atoms with Crippen molar-refractivity contribution in [2.45, 2.75) is 20.0 Å². The fourth-order valence-electron chi connectivity index (χ4n) is 2.34. The zero-order chi connectivity index (χ0) is 14.4. The number of hydrogen-bond acceptors (Lipinski definition) is 4. The highest BCUT2D eigenvalue weighted by atomic mass is 35.5. The molecular weight excluding hydrogens is 294 g/mol. The molecule has 0 aromatic carbocycles. The van der Waals surface area contributed by atoms with Crippen LogP contribution in [-0.2, 0) is 14.2 Å². The Balaban J connectivity index is 0.00000220. The molecule has 0 saturated carbocycles. The average Bonchev–Trinajstić information content (AvgIpc) is 2.49. The maximum absolute atomic E-state index is 9.12. The van der Waals surface area contributed by atoms with Crippen LogP contribution < -0.4 is 12.4 Å². The minimum atomic E-state index is -0.341. The van der Waals surface area contributed by atoms with E-state index in [0.717, 1.165) is 24.5 Å². The van der Waals surface area contributed by atoms with Crippen LogP contribution in [0.4, 0.5) is 0 Å². The van der Waals surface area contributed by atoms with Crippen LogP contribution in [-0.4, -0.2) is 61.0 Å². The highest BCUT2D eigenvalue weighted by Crippen LogP contribution is 2.24. The molecule has 1 fully saturated rings. The van der Waals surface area contributed by atoms with E-state index in [1.165, 1.54) is 0 Å². The van der Waals surface area contributed by atoms with E-state index in [1.54, 1.807) is 6.08 Å². The van der Waals surface area contributed by atoms with Gasteiger partial charge in [0, 0.05) is 19.7 Å². The molecule has 7 heteroatoms. The fourth-order valence-corrected chi connectivity index (χ4v) is 2.34. The molecule has 1 aliphatic carbocycles. The number of nitrogens with zero attached hydrogens (tertiary/aromatic N) is 3. The summed E-state index contributed by atoms with van der Waals surface area (Å²) in [6, 6.07) is 0. The molecule has 0 aromatic heterocycles. The number of rotatable bonds is 5. The maximum atomic E-state index is 9.12. The van der Waals surface area contributed by atoms with Gasteiger partial charge in [-0.05, 0) is 19.9 Å². The first-order valence-electron chi connectivity index (χ1n) is 7.03. The van der Waals surface area contributed by atoms with Gasteiger partial charge in [0.05, 0.1) is 31.6 Å². The smallest absolute Gasteiger partial charge is 0.328 e. The first-order chi connectivity index (χ1) is 9.80. The fraction of sp³-hybridized carbons (Fsp3) is 0.643. The predicted molar refractivity (Wildman–Crippen MR) is 74.2 cm³/mol. The average molecular weight is 315 g/mol. The maximum Gasteiger partial charge on any atom is 0.328 e. The standard InChI is InChI=1S/C14H21N3O3.ClH/c1-3-19-13-10-12(17-5-7-18-8-6-17)14(20-4-2)9-11(13)16-15;/h9-10,13H,3-8H2,1-2H3;1H/p-1. The molecule has 1 atom stereocenters. The van der Waals surface area contributed by atoms with Crippen molar-refractivity contribution in [1.29, 1.82) is 0 Å². The van der Waals surface area contributed by atoms with Crippen LogP contribution in [0.15, 0.2) is 23.6 Å². The number of halogens is 1. The predicted octanol–water partition coefficient (Wildman–Crippen LogP) is -1.78. The van der Waals surface area contributed by atoms with E-state index in [-0.39, 0.29) is 18.5 Å². The van der Waals surface area contributed by atoms with Gasteiger partial charge in [0.25, 0.3) is 0 Å². The Morgan fingerprint density at radius 2 is 2.05 bits per heavy atom. The minimum absolute atomic E-state index is 0. The van der Waals surface area contributed by atoms with Crippen LogP contribution in [0.25, 0.3) is 5.53 Å². The van der Waals surface area contributed by atoms with E-state index in [0.29, 0.717) is 32.1 Å². The Morgan fingerprint density at radius 3 is 2.62 bits per heavy atom. The normalized spacial score (nSPS) is 21.9. The molecule has 0 radical (unpaired) electrons. The first-order valence-corrected chi connectivity index (χ1v) is 7.03. The Morgan fingerprint density at radius 1 is 1.33 bits per heavy atom. The quantitative estimate of drug-likeness (QED) is 0.444. The third kappa shape index (κ3) is 4.32. The van der Waals surface area contributed by atoms with E-state index in [1.807, 2.05) is 19.9 Å². The van der Waals surface area contributed by atoms with Crippen molar-refractivity contribution in [3.8, 4) is 0 Å². The Bertz CT molecular complexity index is 452. The number of morpholine rings is 1. The Kier molecular flexibility index (Phi) is 7.47. The zero-order valence-corrected chi connectivity index (χ0v) is 13.2. The second kappa shape index (κ2) is 8.85. The van der Waals surface area contributed by atoms with Gasteiger partial charge in [-0.1, -0.05) is 0 Å². The third-order valence-electron chi connectivity index (χ3n) is 3.25. The summed E-state index contributed by atoms with van der Waals surface area (Å²) in [5, 5.41) is 0. The third-order valence-corrected chi connectivity index (χ3v) is 3.25. The van der Waals surface area contributed by atoms with Crippen molar-refractivity contribution in [2.24, 2.45) is 0 Å². The molecule has 0 amide bonds. The summed E-state index contributed by atoms with van der Waals surface area (Å²) in [6.07, 6.45) is 3.36. The summed E-state index contributed by atoms with van der Waals surface area (Å²) in [6.45, 7) is 8.01. The van der Waals surface area contributed by atoms with Crippen molar-refractivity contribution >= 4 is 5.71 Å². The van der Waals surface area contributed by atoms with Gasteiger partial charge in [0.15, 0.2) is 6.10 Å². The second-order valence-corrected chi connectivity index (χ2v) is 4.49. The molecule has 0 N–H and O–H groups in total. The SMILES string of the molecule is CCOC1=CC(=[N+]=[N-])C(OCC)C=C1N1CCOCC1.[Cl-]. The molecule has 1 saturated heterocycles. The molecule has 6 nitrogen and oxygen atoms in total. The summed E-state index contributed by atoms with van der Waals surface area (Å²) in [4.78, 5) is 5.52. The minimum Gasteiger partial charge on any atom is -1.00 e. The molecule has 2 rings (SSSR count). The van der Waals surface area contributed by atoms with Crippen molar-refractivity contribution in [3.05, 3.63) is 29.1 Å². The summed E-state index contributed by atoms with van der Waals surface area (Å²) in [5.41, 5.74) is 10.6. The Hall–Kier alpha value is -1.33. The lowest BCUT2D eigenvalue weighted by Crippen LogP contribution is -3.00. The molecule has 21 heavy (non-hydrogen) atoms. The monoisotopic (exact) mass is 314 g/mol. The summed E-state index contributed by atoms with van der Waals surface area (Å²) < 4.78 is 16.7. The largest absolute Gasteiger partial charge is 1.00 e. The zero-order valence-electron chi connectivity index (χ0n) is 12.4. The van der Waals surface area contributed by atoms with Gasteiger partial charge in [-0.25, -0.2) is 0 Å². The molecule has 1 aliphatic heterocycles. The van der Waals surface area contributed by atoms with Gasteiger partial charge in [-0.15, -0.1) is 0 Å². The van der Waals surface area contributed by atoms with Crippen molar-refractivity contribution in [3.63, 3.8) is 0 Å². The molecule has 118 valence electrons. The molecule has 0 spiro atoms. The van der Waals surface area contributed by atoms with Crippen LogP contribution in [0.2, 0.25) is 0 Å². The highest BCUT2D eigenvalue weighted by molar-refractivity contribution is 5.97. The van der Waals surface area contributed by atoms with E-state index in [9.17, 15) is 0 Å². The van der Waals surface area contributed by atoms with Crippen LogP contribution in [0, 0.1) is 0 Å². The van der Waals surface area contributed by atoms with Crippen LogP contribution in [0.1, 0.15) is 13.8 Å². The lowest BCUT2D eigenvalue weighted by molar-refractivity contribution is -0.0230. The van der Waals surface area contributed by atoms with E-state index < -0.39 is 0 Å². The Labute approximate surface area is 131 Å². The van der Waals surface area contributed by atoms with Crippen molar-refractivity contribution in [1.82, 2.24) is 4.90 Å². The molecule has 0 aromatic rings. The summed E-state index contributed by atoms with van der Waals surface area (Å²) in [5.74, 6) is 0.721. The van der Waals surface area contributed by atoms with E-state index >= 15 is 0 Å². The molecular formula is C14H21ClN3O3-. The molecule has 1 unspecified atom stereocenters. The van der Waals surface area contributed by atoms with Gasteiger partial charge in [-0.3, -0.25) is 0 Å². The van der Waals surface area contributed by atoms with Gasteiger partial charge in [0.1, 0.15) is 5.76 Å². The summed E-state index contributed by atoms with van der Waals surface area (Å²) in [7, 11) is 0. The van der Waals surface area contributed by atoms with Gasteiger partial charge in [0.2, 0.25) is 0 Å². The van der Waals surface area contributed by atoms with Gasteiger partial charge >= 0.3 is 5.71 Å². The number of ether oxygens (including phenoxy) is 3. The second-order valence-electron chi connectivity index (χ2n) is 4.49. The van der Waals surface area contributed by atoms with Gasteiger partial charge < -0.3 is 37.0 Å². The molecule has 2 aliphatic rings. The first kappa shape index (κ1) is 17.7. The highest BCUT2D eigenvalue weighted by Gasteiger charge is 2.31. The summed E-state index contributed by atoms with van der Waals surface area (Å²) >= 11 is 0. The molecule has 1 heterocycles. The lowest BCUT2D eigenvalue weighted by atomic mass is 10.0. The van der Waals surface area contributed by atoms with Crippen molar-refractivity contribution < 1.29 is 31.4 Å². The number of hydrogen-bond donors (Lipinski definition) is 0. The van der Waals surface area contributed by atoms with Crippen LogP contribution in [0.3, 0.4) is 0 Å². The topological polar surface area (TPSA) is 67.3 Å². The van der Waals surface area contributed by atoms with E-state index in [4.69, 9.17) is 19.7 Å². The lowest BCUT2D eigenvalue weighted by Gasteiger charge is -2.33. The van der Waals surface area contributed by atoms with Crippen molar-refractivity contribution in [2.75, 3.05) is 39.5 Å². The van der Waals surface area contributed by atoms with Gasteiger partial charge in [-0.2, -0.15) is 4.79 Å².